The Bertz CT molecular complexity index is 328. The summed E-state index contributed by atoms with van der Waals surface area (Å²) < 4.78 is 0. The molecule has 1 saturated heterocycles. The summed E-state index contributed by atoms with van der Waals surface area (Å²) in [6, 6.07) is -0.865. The zero-order chi connectivity index (χ0) is 13.0. The van der Waals surface area contributed by atoms with Crippen LogP contribution in [0.3, 0.4) is 0 Å². The Morgan fingerprint density at radius 3 is 2.53 bits per heavy atom. The van der Waals surface area contributed by atoms with E-state index in [9.17, 15) is 14.4 Å². The van der Waals surface area contributed by atoms with E-state index in [2.05, 4.69) is 16.0 Å². The van der Waals surface area contributed by atoms with Crippen molar-refractivity contribution in [2.75, 3.05) is 0 Å². The van der Waals surface area contributed by atoms with E-state index in [1.165, 1.54) is 0 Å². The van der Waals surface area contributed by atoms with Crippen molar-refractivity contribution in [3.63, 3.8) is 0 Å². The van der Waals surface area contributed by atoms with Crippen molar-refractivity contribution < 1.29 is 14.4 Å². The third-order valence-corrected chi connectivity index (χ3v) is 2.51. The highest BCUT2D eigenvalue weighted by molar-refractivity contribution is 6.00. The second-order valence-electron chi connectivity index (χ2n) is 4.56. The van der Waals surface area contributed by atoms with E-state index in [0.29, 0.717) is 12.8 Å². The fraction of sp³-hybridized carbons (Fsp3) is 0.727. The first-order chi connectivity index (χ1) is 7.90. The smallest absolute Gasteiger partial charge is 0.243 e. The molecule has 1 aliphatic rings. The fourth-order valence-corrected chi connectivity index (χ4v) is 1.64. The van der Waals surface area contributed by atoms with Gasteiger partial charge in [0.1, 0.15) is 0 Å². The molecule has 1 fully saturated rings. The molecule has 0 aromatic rings. The SMILES string of the molecule is CC(C)NC(=O)C(C)NC1CCC(=O)NC1=O. The van der Waals surface area contributed by atoms with Gasteiger partial charge in [-0.15, -0.1) is 0 Å². The van der Waals surface area contributed by atoms with Gasteiger partial charge in [-0.05, 0) is 27.2 Å². The quantitative estimate of drug-likeness (QED) is 0.568. The highest BCUT2D eigenvalue weighted by Gasteiger charge is 2.28. The molecule has 0 spiro atoms. The van der Waals surface area contributed by atoms with Gasteiger partial charge in [-0.25, -0.2) is 0 Å². The van der Waals surface area contributed by atoms with E-state index < -0.39 is 12.1 Å². The van der Waals surface area contributed by atoms with E-state index in [1.807, 2.05) is 13.8 Å². The van der Waals surface area contributed by atoms with Crippen molar-refractivity contribution in [1.82, 2.24) is 16.0 Å². The summed E-state index contributed by atoms with van der Waals surface area (Å²) >= 11 is 0. The van der Waals surface area contributed by atoms with Gasteiger partial charge in [0.05, 0.1) is 12.1 Å². The molecule has 3 N–H and O–H groups in total. The number of carbonyl (C=O) groups excluding carboxylic acids is 3. The summed E-state index contributed by atoms with van der Waals surface area (Å²) in [5.74, 6) is -0.762. The molecule has 0 saturated carbocycles. The number of carbonyl (C=O) groups is 3. The highest BCUT2D eigenvalue weighted by atomic mass is 16.2. The van der Waals surface area contributed by atoms with Crippen LogP contribution in [-0.2, 0) is 14.4 Å². The third kappa shape index (κ3) is 4.14. The largest absolute Gasteiger partial charge is 0.353 e. The summed E-state index contributed by atoms with van der Waals surface area (Å²) in [5.41, 5.74) is 0. The van der Waals surface area contributed by atoms with Crippen LogP contribution in [0.2, 0.25) is 0 Å². The number of hydrogen-bond acceptors (Lipinski definition) is 4. The number of nitrogens with one attached hydrogen (secondary N) is 3. The zero-order valence-corrected chi connectivity index (χ0v) is 10.4. The van der Waals surface area contributed by atoms with Gasteiger partial charge in [0, 0.05) is 12.5 Å². The molecular weight excluding hydrogens is 222 g/mol. The molecule has 2 unspecified atom stereocenters. The van der Waals surface area contributed by atoms with E-state index in [0.717, 1.165) is 0 Å². The lowest BCUT2D eigenvalue weighted by molar-refractivity contribution is -0.135. The molecule has 17 heavy (non-hydrogen) atoms. The number of hydrogen-bond donors (Lipinski definition) is 3. The molecule has 6 nitrogen and oxygen atoms in total. The minimum absolute atomic E-state index is 0.0634. The van der Waals surface area contributed by atoms with Crippen LogP contribution in [-0.4, -0.2) is 35.8 Å². The van der Waals surface area contributed by atoms with Crippen LogP contribution in [0.1, 0.15) is 33.6 Å². The summed E-state index contributed by atoms with van der Waals surface area (Å²) in [6.45, 7) is 5.44. The Kier molecular flexibility index (Phi) is 4.62. The van der Waals surface area contributed by atoms with Gasteiger partial charge >= 0.3 is 0 Å². The van der Waals surface area contributed by atoms with Crippen molar-refractivity contribution in [3.8, 4) is 0 Å². The summed E-state index contributed by atoms with van der Waals surface area (Å²) in [4.78, 5) is 34.0. The molecule has 1 heterocycles. The van der Waals surface area contributed by atoms with E-state index in [1.54, 1.807) is 6.92 Å². The molecule has 1 rings (SSSR count). The number of rotatable bonds is 4. The van der Waals surface area contributed by atoms with Gasteiger partial charge in [-0.2, -0.15) is 0 Å². The molecule has 0 aliphatic carbocycles. The van der Waals surface area contributed by atoms with Crippen molar-refractivity contribution in [2.45, 2.75) is 51.7 Å². The van der Waals surface area contributed by atoms with E-state index >= 15 is 0 Å². The lowest BCUT2D eigenvalue weighted by atomic mass is 10.1. The Balaban J connectivity index is 2.45. The van der Waals surface area contributed by atoms with Crippen molar-refractivity contribution in [1.29, 1.82) is 0 Å². The molecule has 2 atom stereocenters. The van der Waals surface area contributed by atoms with Crippen LogP contribution in [0.25, 0.3) is 0 Å². The monoisotopic (exact) mass is 241 g/mol. The summed E-state index contributed by atoms with van der Waals surface area (Å²) in [6.07, 6.45) is 0.742. The van der Waals surface area contributed by atoms with Gasteiger partial charge in [0.25, 0.3) is 0 Å². The predicted molar refractivity (Wildman–Crippen MR) is 62.0 cm³/mol. The van der Waals surface area contributed by atoms with Gasteiger partial charge in [0.2, 0.25) is 17.7 Å². The van der Waals surface area contributed by atoms with Crippen molar-refractivity contribution in [2.24, 2.45) is 0 Å². The Morgan fingerprint density at radius 2 is 2.00 bits per heavy atom. The molecule has 0 aromatic heterocycles. The molecule has 6 heteroatoms. The van der Waals surface area contributed by atoms with Crippen molar-refractivity contribution >= 4 is 17.7 Å². The first-order valence-electron chi connectivity index (χ1n) is 5.80. The molecule has 0 bridgehead atoms. The Hall–Kier alpha value is -1.43. The normalized spacial score (nSPS) is 22.2. The first-order valence-corrected chi connectivity index (χ1v) is 5.80. The molecule has 0 aromatic carbocycles. The Morgan fingerprint density at radius 1 is 1.35 bits per heavy atom. The third-order valence-electron chi connectivity index (χ3n) is 2.51. The predicted octanol–water partition coefficient (Wildman–Crippen LogP) is -0.706. The average molecular weight is 241 g/mol. The standard InChI is InChI=1S/C11H19N3O3/c1-6(2)12-10(16)7(3)13-8-4-5-9(15)14-11(8)17/h6-8,13H,4-5H2,1-3H3,(H,12,16)(H,14,15,17). The number of amides is 3. The van der Waals surface area contributed by atoms with Crippen molar-refractivity contribution in [3.05, 3.63) is 0 Å². The second kappa shape index (κ2) is 5.77. The van der Waals surface area contributed by atoms with Gasteiger partial charge in [0.15, 0.2) is 0 Å². The lowest BCUT2D eigenvalue weighted by Gasteiger charge is -2.25. The maximum Gasteiger partial charge on any atom is 0.243 e. The topological polar surface area (TPSA) is 87.3 Å². The number of imide groups is 1. The van der Waals surface area contributed by atoms with Gasteiger partial charge in [-0.3, -0.25) is 25.0 Å². The molecular formula is C11H19N3O3. The first kappa shape index (κ1) is 13.6. The van der Waals surface area contributed by atoms with Crippen LogP contribution < -0.4 is 16.0 Å². The van der Waals surface area contributed by atoms with Crippen LogP contribution in [0.15, 0.2) is 0 Å². The minimum Gasteiger partial charge on any atom is -0.353 e. The van der Waals surface area contributed by atoms with E-state index in [-0.39, 0.29) is 23.8 Å². The Labute approximate surface area is 101 Å². The summed E-state index contributed by atoms with van der Waals surface area (Å²) in [7, 11) is 0. The van der Waals surface area contributed by atoms with Crippen LogP contribution in [0.4, 0.5) is 0 Å². The maximum atomic E-state index is 11.6. The fourth-order valence-electron chi connectivity index (χ4n) is 1.64. The number of piperidine rings is 1. The molecule has 3 amide bonds. The zero-order valence-electron chi connectivity index (χ0n) is 10.4. The molecule has 0 radical (unpaired) electrons. The van der Waals surface area contributed by atoms with Gasteiger partial charge < -0.3 is 5.32 Å². The van der Waals surface area contributed by atoms with Crippen LogP contribution >= 0.6 is 0 Å². The highest BCUT2D eigenvalue weighted by Crippen LogP contribution is 2.05. The van der Waals surface area contributed by atoms with E-state index in [4.69, 9.17) is 0 Å². The van der Waals surface area contributed by atoms with Crippen LogP contribution in [0, 0.1) is 0 Å². The summed E-state index contributed by atoms with van der Waals surface area (Å²) in [5, 5.41) is 7.92. The van der Waals surface area contributed by atoms with Crippen LogP contribution in [0.5, 0.6) is 0 Å². The minimum atomic E-state index is -0.472. The van der Waals surface area contributed by atoms with Gasteiger partial charge in [-0.1, -0.05) is 0 Å². The lowest BCUT2D eigenvalue weighted by Crippen LogP contribution is -2.56. The average Bonchev–Trinajstić information content (AvgIpc) is 2.21. The molecule has 1 aliphatic heterocycles. The second-order valence-corrected chi connectivity index (χ2v) is 4.56. The molecule has 96 valence electrons. The maximum absolute atomic E-state index is 11.6.